The number of likely N-dealkylation sites (tertiary alicyclic amines) is 1. The quantitative estimate of drug-likeness (QED) is 0.700. The van der Waals surface area contributed by atoms with Crippen LogP contribution in [0, 0.1) is 11.3 Å². The zero-order chi connectivity index (χ0) is 25.1. The predicted octanol–water partition coefficient (Wildman–Crippen LogP) is 3.83. The highest BCUT2D eigenvalue weighted by molar-refractivity contribution is 6.05. The molecular formula is C25H30F3N3O4. The Kier molecular flexibility index (Phi) is 7.61. The zero-order valence-electron chi connectivity index (χ0n) is 19.5. The van der Waals surface area contributed by atoms with E-state index in [1.54, 1.807) is 6.20 Å². The number of para-hydroxylation sites is 1. The van der Waals surface area contributed by atoms with Crippen molar-refractivity contribution in [2.24, 2.45) is 11.3 Å². The lowest BCUT2D eigenvalue weighted by Crippen LogP contribution is -2.52. The molecule has 1 aromatic carbocycles. The van der Waals surface area contributed by atoms with Gasteiger partial charge in [0.25, 0.3) is 5.91 Å². The van der Waals surface area contributed by atoms with Gasteiger partial charge in [-0.05, 0) is 43.7 Å². The van der Waals surface area contributed by atoms with E-state index in [9.17, 15) is 18.0 Å². The molecule has 0 bridgehead atoms. The highest BCUT2D eigenvalue weighted by atomic mass is 19.4. The lowest BCUT2D eigenvalue weighted by molar-refractivity contribution is -0.192. The Morgan fingerprint density at radius 2 is 1.89 bits per heavy atom. The van der Waals surface area contributed by atoms with Crippen LogP contribution in [-0.2, 0) is 9.53 Å². The minimum atomic E-state index is -5.08. The van der Waals surface area contributed by atoms with E-state index in [-0.39, 0.29) is 11.3 Å². The molecule has 1 amide bonds. The Balaban J connectivity index is 0.000000364. The molecule has 3 aliphatic rings. The number of pyridine rings is 1. The highest BCUT2D eigenvalue weighted by Gasteiger charge is 2.41. The molecular weight excluding hydrogens is 463 g/mol. The largest absolute Gasteiger partial charge is 0.490 e. The Morgan fingerprint density at radius 3 is 2.60 bits per heavy atom. The molecule has 1 atom stereocenters. The van der Waals surface area contributed by atoms with Crippen molar-refractivity contribution in [3.05, 3.63) is 42.1 Å². The molecule has 0 radical (unpaired) electrons. The first-order valence-corrected chi connectivity index (χ1v) is 11.9. The molecule has 3 heterocycles. The van der Waals surface area contributed by atoms with Gasteiger partial charge in [-0.25, -0.2) is 4.79 Å². The Labute approximate surface area is 201 Å². The van der Waals surface area contributed by atoms with Gasteiger partial charge in [0.05, 0.1) is 24.3 Å². The van der Waals surface area contributed by atoms with Gasteiger partial charge in [-0.2, -0.15) is 13.2 Å². The van der Waals surface area contributed by atoms with Crippen LogP contribution in [0.15, 0.2) is 36.5 Å². The van der Waals surface area contributed by atoms with Crippen molar-refractivity contribution in [3.63, 3.8) is 0 Å². The third-order valence-electron chi connectivity index (χ3n) is 6.79. The number of hydrogen-bond donors (Lipinski definition) is 1. The number of halogens is 3. The van der Waals surface area contributed by atoms with Crippen LogP contribution in [0.3, 0.4) is 0 Å². The number of fused-ring (bicyclic) bond motifs is 1. The number of piperidine rings is 1. The maximum atomic E-state index is 13.4. The summed E-state index contributed by atoms with van der Waals surface area (Å²) in [5.74, 6) is -1.76. The molecule has 2 aromatic rings. The summed E-state index contributed by atoms with van der Waals surface area (Å²) in [5, 5.41) is 8.15. The van der Waals surface area contributed by atoms with Crippen LogP contribution >= 0.6 is 0 Å². The molecule has 10 heteroatoms. The standard InChI is InChI=1S/C23H29N3O2.C2HF3O2/c27-22(20-6-1-4-19-5-2-10-24-21(19)20)26-11-3-9-23(16-26)15-25(12-13-28-17-23)14-18-7-8-18;3-2(4,5)1(6)7/h1-2,4-6,10,18H,3,7-9,11-17H2;(H,6,7). The maximum Gasteiger partial charge on any atom is 0.490 e. The number of hydrogen-bond acceptors (Lipinski definition) is 5. The minimum Gasteiger partial charge on any atom is -0.475 e. The van der Waals surface area contributed by atoms with E-state index in [0.29, 0.717) is 0 Å². The van der Waals surface area contributed by atoms with Crippen LogP contribution in [0.2, 0.25) is 0 Å². The van der Waals surface area contributed by atoms with E-state index in [1.165, 1.54) is 19.4 Å². The van der Waals surface area contributed by atoms with Crippen LogP contribution in [-0.4, -0.2) is 83.9 Å². The summed E-state index contributed by atoms with van der Waals surface area (Å²) in [6.07, 6.45) is 1.63. The van der Waals surface area contributed by atoms with E-state index >= 15 is 0 Å². The number of aromatic nitrogens is 1. The highest BCUT2D eigenvalue weighted by Crippen LogP contribution is 2.36. The van der Waals surface area contributed by atoms with Gasteiger partial charge in [0.2, 0.25) is 0 Å². The first-order chi connectivity index (χ1) is 16.7. The Bertz CT molecular complexity index is 1050. The summed E-state index contributed by atoms with van der Waals surface area (Å²) in [5.41, 5.74) is 1.60. The molecule has 1 N–H and O–H groups in total. The number of carbonyl (C=O) groups excluding carboxylic acids is 1. The molecule has 2 saturated heterocycles. The molecule has 1 spiro atoms. The second kappa shape index (κ2) is 10.5. The number of aliphatic carboxylic acids is 1. The van der Waals surface area contributed by atoms with Crippen molar-refractivity contribution in [1.29, 1.82) is 0 Å². The first-order valence-electron chi connectivity index (χ1n) is 11.9. The number of nitrogens with zero attached hydrogens (tertiary/aromatic N) is 3. The molecule has 7 nitrogen and oxygen atoms in total. The second-order valence-corrected chi connectivity index (χ2v) is 9.74. The van der Waals surface area contributed by atoms with Crippen LogP contribution in [0.4, 0.5) is 13.2 Å². The number of carboxylic acid groups (broad SMARTS) is 1. The van der Waals surface area contributed by atoms with Gasteiger partial charge in [-0.3, -0.25) is 9.78 Å². The number of alkyl halides is 3. The third kappa shape index (κ3) is 6.49. The summed E-state index contributed by atoms with van der Waals surface area (Å²) >= 11 is 0. The minimum absolute atomic E-state index is 0.0668. The van der Waals surface area contributed by atoms with Crippen molar-refractivity contribution in [2.45, 2.75) is 31.9 Å². The van der Waals surface area contributed by atoms with E-state index in [0.717, 1.165) is 74.6 Å². The van der Waals surface area contributed by atoms with Crippen molar-refractivity contribution < 1.29 is 32.6 Å². The average molecular weight is 494 g/mol. The summed E-state index contributed by atoms with van der Waals surface area (Å²) in [6.45, 7) is 6.48. The van der Waals surface area contributed by atoms with Crippen molar-refractivity contribution in [3.8, 4) is 0 Å². The molecule has 1 unspecified atom stereocenters. The fourth-order valence-electron chi connectivity index (χ4n) is 4.98. The molecule has 2 aliphatic heterocycles. The number of carboxylic acids is 1. The zero-order valence-corrected chi connectivity index (χ0v) is 19.5. The average Bonchev–Trinajstić information content (AvgIpc) is 3.66. The van der Waals surface area contributed by atoms with Crippen molar-refractivity contribution in [2.75, 3.05) is 45.9 Å². The molecule has 35 heavy (non-hydrogen) atoms. The predicted molar refractivity (Wildman–Crippen MR) is 123 cm³/mol. The number of amides is 1. The number of ether oxygens (including phenoxy) is 1. The molecule has 3 fully saturated rings. The van der Waals surface area contributed by atoms with Gasteiger partial charge in [0.15, 0.2) is 0 Å². The van der Waals surface area contributed by atoms with Gasteiger partial charge in [-0.1, -0.05) is 18.2 Å². The fourth-order valence-corrected chi connectivity index (χ4v) is 4.98. The van der Waals surface area contributed by atoms with E-state index < -0.39 is 12.1 Å². The van der Waals surface area contributed by atoms with Gasteiger partial charge in [0, 0.05) is 49.7 Å². The fraction of sp³-hybridized carbons (Fsp3) is 0.560. The van der Waals surface area contributed by atoms with E-state index in [2.05, 4.69) is 14.8 Å². The smallest absolute Gasteiger partial charge is 0.475 e. The second-order valence-electron chi connectivity index (χ2n) is 9.74. The Morgan fingerprint density at radius 1 is 1.14 bits per heavy atom. The number of carbonyl (C=O) groups is 2. The number of rotatable bonds is 3. The van der Waals surface area contributed by atoms with Crippen molar-refractivity contribution in [1.82, 2.24) is 14.8 Å². The monoisotopic (exact) mass is 493 g/mol. The van der Waals surface area contributed by atoms with Crippen LogP contribution in [0.1, 0.15) is 36.0 Å². The van der Waals surface area contributed by atoms with E-state index in [4.69, 9.17) is 14.6 Å². The van der Waals surface area contributed by atoms with Crippen molar-refractivity contribution >= 4 is 22.8 Å². The lowest BCUT2D eigenvalue weighted by atomic mass is 9.79. The Hall–Kier alpha value is -2.72. The van der Waals surface area contributed by atoms with Crippen LogP contribution < -0.4 is 0 Å². The van der Waals surface area contributed by atoms with Crippen LogP contribution in [0.25, 0.3) is 10.9 Å². The van der Waals surface area contributed by atoms with Gasteiger partial charge in [0.1, 0.15) is 0 Å². The SMILES string of the molecule is O=C(O)C(F)(F)F.O=C(c1cccc2cccnc12)N1CCCC2(COCCN(CC3CC3)C2)C1. The summed E-state index contributed by atoms with van der Waals surface area (Å²) in [4.78, 5) is 31.5. The summed E-state index contributed by atoms with van der Waals surface area (Å²) in [6, 6.07) is 9.84. The normalized spacial score (nSPS) is 23.5. The molecule has 1 aliphatic carbocycles. The van der Waals surface area contributed by atoms with Gasteiger partial charge >= 0.3 is 12.1 Å². The molecule has 5 rings (SSSR count). The van der Waals surface area contributed by atoms with Gasteiger partial charge in [-0.15, -0.1) is 0 Å². The van der Waals surface area contributed by atoms with E-state index in [1.807, 2.05) is 30.3 Å². The lowest BCUT2D eigenvalue weighted by Gasteiger charge is -2.43. The topological polar surface area (TPSA) is 83.0 Å². The molecule has 1 saturated carbocycles. The number of benzene rings is 1. The maximum absolute atomic E-state index is 13.4. The van der Waals surface area contributed by atoms with Crippen LogP contribution in [0.5, 0.6) is 0 Å². The molecule has 190 valence electrons. The first kappa shape index (κ1) is 25.4. The summed E-state index contributed by atoms with van der Waals surface area (Å²) < 4.78 is 37.8. The summed E-state index contributed by atoms with van der Waals surface area (Å²) in [7, 11) is 0. The molecule has 1 aromatic heterocycles. The van der Waals surface area contributed by atoms with Gasteiger partial charge < -0.3 is 19.6 Å². The third-order valence-corrected chi connectivity index (χ3v) is 6.79.